The minimum atomic E-state index is -1.11. The molecular weight excluding hydrogens is 484 g/mol. The van der Waals surface area contributed by atoms with Crippen LogP contribution in [0.2, 0.25) is 0 Å². The van der Waals surface area contributed by atoms with Crippen LogP contribution in [0.25, 0.3) is 10.8 Å². The summed E-state index contributed by atoms with van der Waals surface area (Å²) in [6, 6.07) is 14.2. The van der Waals surface area contributed by atoms with Gasteiger partial charge in [0.25, 0.3) is 5.91 Å². The molecule has 0 saturated heterocycles. The predicted molar refractivity (Wildman–Crippen MR) is 132 cm³/mol. The van der Waals surface area contributed by atoms with E-state index in [9.17, 15) is 28.0 Å². The van der Waals surface area contributed by atoms with Gasteiger partial charge in [-0.3, -0.25) is 14.4 Å². The molecule has 0 heterocycles. The smallest absolute Gasteiger partial charge is 0.330 e. The highest BCUT2D eigenvalue weighted by Crippen LogP contribution is 2.25. The number of esters is 1. The van der Waals surface area contributed by atoms with E-state index in [4.69, 9.17) is 0 Å². The molecule has 3 rings (SSSR count). The van der Waals surface area contributed by atoms with Crippen LogP contribution in [0.3, 0.4) is 0 Å². The second kappa shape index (κ2) is 12.4. The van der Waals surface area contributed by atoms with Crippen LogP contribution in [0.5, 0.6) is 0 Å². The Morgan fingerprint density at radius 1 is 0.973 bits per heavy atom. The largest absolute Gasteiger partial charge is 0.466 e. The number of carbonyl (C=O) groups excluding carboxylic acids is 4. The van der Waals surface area contributed by atoms with E-state index < -0.39 is 47.9 Å². The molecule has 3 aromatic rings. The fourth-order valence-electron chi connectivity index (χ4n) is 3.67. The first kappa shape index (κ1) is 27.0. The number of amides is 3. The fraction of sp³-hybridized carbons (Fsp3) is 0.185. The van der Waals surface area contributed by atoms with Crippen LogP contribution in [0.1, 0.15) is 34.5 Å². The zero-order valence-electron chi connectivity index (χ0n) is 20.1. The number of nitrogens with one attached hydrogen (secondary N) is 3. The van der Waals surface area contributed by atoms with Gasteiger partial charge in [-0.05, 0) is 29.3 Å². The maximum Gasteiger partial charge on any atom is 0.330 e. The normalized spacial score (nSPS) is 11.7. The Morgan fingerprint density at radius 3 is 2.43 bits per heavy atom. The van der Waals surface area contributed by atoms with E-state index in [1.165, 1.54) is 13.2 Å². The number of benzene rings is 3. The minimum Gasteiger partial charge on any atom is -0.466 e. The van der Waals surface area contributed by atoms with Crippen LogP contribution in [0.4, 0.5) is 8.78 Å². The van der Waals surface area contributed by atoms with Crippen molar-refractivity contribution in [1.29, 1.82) is 0 Å². The molecule has 3 aromatic carbocycles. The highest BCUT2D eigenvalue weighted by molar-refractivity contribution is 6.35. The van der Waals surface area contributed by atoms with Crippen molar-refractivity contribution in [2.75, 3.05) is 13.7 Å². The van der Waals surface area contributed by atoms with E-state index in [0.29, 0.717) is 6.07 Å². The summed E-state index contributed by atoms with van der Waals surface area (Å²) in [5.74, 6) is -5.56. The number of ether oxygens (including phenoxy) is 1. The quantitative estimate of drug-likeness (QED) is 0.245. The van der Waals surface area contributed by atoms with Crippen LogP contribution < -0.4 is 16.0 Å². The first-order valence-corrected chi connectivity index (χ1v) is 11.3. The monoisotopic (exact) mass is 509 g/mol. The van der Waals surface area contributed by atoms with Gasteiger partial charge >= 0.3 is 17.8 Å². The van der Waals surface area contributed by atoms with E-state index >= 15 is 0 Å². The summed E-state index contributed by atoms with van der Waals surface area (Å²) in [6.45, 7) is 1.07. The van der Waals surface area contributed by atoms with Gasteiger partial charge in [-0.25, -0.2) is 13.6 Å². The molecule has 0 aromatic heterocycles. The summed E-state index contributed by atoms with van der Waals surface area (Å²) in [6.07, 6.45) is 2.34. The van der Waals surface area contributed by atoms with E-state index in [0.717, 1.165) is 28.5 Å². The second-order valence-electron chi connectivity index (χ2n) is 8.00. The molecular formula is C27H25F2N3O5. The molecule has 0 saturated carbocycles. The third-order valence-corrected chi connectivity index (χ3v) is 5.51. The summed E-state index contributed by atoms with van der Waals surface area (Å²) in [7, 11) is 1.19. The molecule has 0 aliphatic rings. The van der Waals surface area contributed by atoms with Crippen LogP contribution in [-0.2, 0) is 25.7 Å². The molecule has 0 unspecified atom stereocenters. The molecule has 0 bridgehead atoms. The minimum absolute atomic E-state index is 0.133. The Morgan fingerprint density at radius 2 is 1.68 bits per heavy atom. The lowest BCUT2D eigenvalue weighted by Gasteiger charge is -2.18. The van der Waals surface area contributed by atoms with Gasteiger partial charge in [-0.15, -0.1) is 0 Å². The Hall–Kier alpha value is -4.60. The molecule has 0 radical (unpaired) electrons. The summed E-state index contributed by atoms with van der Waals surface area (Å²) in [5, 5.41) is 9.10. The first-order chi connectivity index (χ1) is 17.7. The number of rotatable bonds is 8. The van der Waals surface area contributed by atoms with Gasteiger partial charge in [0.05, 0.1) is 18.7 Å². The van der Waals surface area contributed by atoms with Gasteiger partial charge in [-0.1, -0.05) is 48.5 Å². The Labute approximate surface area is 211 Å². The highest BCUT2D eigenvalue weighted by atomic mass is 19.1. The van der Waals surface area contributed by atoms with Crippen molar-refractivity contribution in [3.8, 4) is 0 Å². The molecule has 37 heavy (non-hydrogen) atoms. The van der Waals surface area contributed by atoms with E-state index in [-0.39, 0.29) is 17.7 Å². The Balaban J connectivity index is 1.71. The Bertz CT molecular complexity index is 1370. The lowest BCUT2D eigenvalue weighted by atomic mass is 9.99. The predicted octanol–water partition coefficient (Wildman–Crippen LogP) is 3.07. The summed E-state index contributed by atoms with van der Waals surface area (Å²) in [5.41, 5.74) is 0.221. The number of hydrogen-bond acceptors (Lipinski definition) is 5. The van der Waals surface area contributed by atoms with E-state index in [1.54, 1.807) is 6.92 Å². The van der Waals surface area contributed by atoms with Gasteiger partial charge in [0.2, 0.25) is 0 Å². The molecule has 0 spiro atoms. The first-order valence-electron chi connectivity index (χ1n) is 11.3. The lowest BCUT2D eigenvalue weighted by Crippen LogP contribution is -2.40. The number of hydrogen-bond donors (Lipinski definition) is 3. The van der Waals surface area contributed by atoms with E-state index in [2.05, 4.69) is 20.7 Å². The average Bonchev–Trinajstić information content (AvgIpc) is 2.89. The van der Waals surface area contributed by atoms with Crippen molar-refractivity contribution >= 4 is 34.5 Å². The van der Waals surface area contributed by atoms with Crippen LogP contribution in [-0.4, -0.2) is 37.3 Å². The van der Waals surface area contributed by atoms with Gasteiger partial charge in [0.1, 0.15) is 11.6 Å². The van der Waals surface area contributed by atoms with Crippen molar-refractivity contribution in [1.82, 2.24) is 16.0 Å². The van der Waals surface area contributed by atoms with Crippen molar-refractivity contribution < 1.29 is 32.7 Å². The molecule has 3 amide bonds. The zero-order valence-corrected chi connectivity index (χ0v) is 20.1. The van der Waals surface area contributed by atoms with Gasteiger partial charge in [0.15, 0.2) is 0 Å². The number of methoxy groups -OCH3 is 1. The molecule has 0 aliphatic heterocycles. The molecule has 0 fully saturated rings. The van der Waals surface area contributed by atoms with Crippen molar-refractivity contribution in [2.45, 2.75) is 19.5 Å². The maximum atomic E-state index is 14.6. The van der Waals surface area contributed by atoms with Gasteiger partial charge in [0, 0.05) is 30.8 Å². The van der Waals surface area contributed by atoms with Gasteiger partial charge < -0.3 is 20.7 Å². The molecule has 3 N–H and O–H groups in total. The fourth-order valence-corrected chi connectivity index (χ4v) is 3.67. The van der Waals surface area contributed by atoms with Gasteiger partial charge in [-0.2, -0.15) is 0 Å². The SMILES string of the molecule is COC(=O)/C=C/CNC(=O)C(=O)NCc1c(F)cc(F)cc1C(=O)N[C@H](C)c1cccc2ccccc12. The van der Waals surface area contributed by atoms with Crippen LogP contribution in [0, 0.1) is 11.6 Å². The number of carbonyl (C=O) groups is 4. The molecule has 10 heteroatoms. The lowest BCUT2D eigenvalue weighted by molar-refractivity contribution is -0.139. The van der Waals surface area contributed by atoms with E-state index in [1.807, 2.05) is 42.5 Å². The topological polar surface area (TPSA) is 114 Å². The molecule has 0 aliphatic carbocycles. The molecule has 1 atom stereocenters. The van der Waals surface area contributed by atoms with Crippen LogP contribution >= 0.6 is 0 Å². The Kier molecular flexibility index (Phi) is 9.04. The third kappa shape index (κ3) is 6.97. The zero-order chi connectivity index (χ0) is 26.9. The number of fused-ring (bicyclic) bond motifs is 1. The summed E-state index contributed by atoms with van der Waals surface area (Å²) < 4.78 is 33.0. The highest BCUT2D eigenvalue weighted by Gasteiger charge is 2.22. The molecule has 8 nitrogen and oxygen atoms in total. The van der Waals surface area contributed by atoms with Crippen molar-refractivity contribution in [2.24, 2.45) is 0 Å². The van der Waals surface area contributed by atoms with Crippen molar-refractivity contribution in [3.63, 3.8) is 0 Å². The number of halogens is 2. The second-order valence-corrected chi connectivity index (χ2v) is 8.00. The third-order valence-electron chi connectivity index (χ3n) is 5.51. The standard InChI is InChI=1S/C27H25F2N3O5/c1-16(19-10-5-8-17-7-3-4-9-20(17)19)32-25(34)21-13-18(28)14-23(29)22(21)15-31-27(36)26(35)30-12-6-11-24(33)37-2/h3-11,13-14,16H,12,15H2,1-2H3,(H,30,35)(H,31,36)(H,32,34)/b11-6+/t16-/m1/s1. The maximum absolute atomic E-state index is 14.6. The average molecular weight is 510 g/mol. The van der Waals surface area contributed by atoms with Crippen molar-refractivity contribution in [3.05, 3.63) is 95.1 Å². The van der Waals surface area contributed by atoms with Crippen LogP contribution in [0.15, 0.2) is 66.7 Å². The summed E-state index contributed by atoms with van der Waals surface area (Å²) in [4.78, 5) is 48.1. The molecule has 192 valence electrons. The summed E-state index contributed by atoms with van der Waals surface area (Å²) >= 11 is 0.